The summed E-state index contributed by atoms with van der Waals surface area (Å²) in [4.78, 5) is 0. The molecule has 2 aromatic carbocycles. The summed E-state index contributed by atoms with van der Waals surface area (Å²) in [6.45, 7) is 3.70. The van der Waals surface area contributed by atoms with Crippen LogP contribution in [0.4, 0.5) is 4.39 Å². The van der Waals surface area contributed by atoms with E-state index in [1.54, 1.807) is 12.1 Å². The van der Waals surface area contributed by atoms with Gasteiger partial charge in [0.05, 0.1) is 6.61 Å². The van der Waals surface area contributed by atoms with Gasteiger partial charge in [-0.2, -0.15) is 0 Å². The number of rotatable bonds is 8. The Hall–Kier alpha value is -1.59. The van der Waals surface area contributed by atoms with E-state index in [9.17, 15) is 4.39 Å². The first kappa shape index (κ1) is 17.2. The van der Waals surface area contributed by atoms with Gasteiger partial charge in [0.25, 0.3) is 0 Å². The van der Waals surface area contributed by atoms with Gasteiger partial charge in [0.15, 0.2) is 11.5 Å². The van der Waals surface area contributed by atoms with Crippen LogP contribution in [0.15, 0.2) is 40.9 Å². The van der Waals surface area contributed by atoms with Crippen LogP contribution in [0.25, 0.3) is 0 Å². The molecule has 3 rings (SSSR count). The number of halogens is 2. The van der Waals surface area contributed by atoms with Crippen LogP contribution in [-0.4, -0.2) is 12.6 Å². The predicted octanol–water partition coefficient (Wildman–Crippen LogP) is 4.82. The Labute approximate surface area is 150 Å². The van der Waals surface area contributed by atoms with Gasteiger partial charge in [-0.05, 0) is 55.2 Å². The summed E-state index contributed by atoms with van der Waals surface area (Å²) in [5, 5.41) is 3.50. The van der Waals surface area contributed by atoms with Crippen LogP contribution < -0.4 is 14.8 Å². The first-order valence-electron chi connectivity index (χ1n) is 8.21. The average molecular weight is 394 g/mol. The van der Waals surface area contributed by atoms with Gasteiger partial charge in [-0.1, -0.05) is 28.1 Å². The van der Waals surface area contributed by atoms with Gasteiger partial charge in [0.1, 0.15) is 12.4 Å². The molecule has 0 spiro atoms. The van der Waals surface area contributed by atoms with Gasteiger partial charge >= 0.3 is 0 Å². The summed E-state index contributed by atoms with van der Waals surface area (Å²) < 4.78 is 25.6. The summed E-state index contributed by atoms with van der Waals surface area (Å²) in [7, 11) is 0. The molecule has 1 aliphatic rings. The molecule has 128 valence electrons. The maximum Gasteiger partial charge on any atom is 0.162 e. The zero-order valence-corrected chi connectivity index (χ0v) is 15.2. The third-order valence-electron chi connectivity index (χ3n) is 3.88. The van der Waals surface area contributed by atoms with Crippen LogP contribution in [-0.2, 0) is 13.2 Å². The van der Waals surface area contributed by atoms with Gasteiger partial charge < -0.3 is 14.8 Å². The van der Waals surface area contributed by atoms with Gasteiger partial charge in [0.2, 0.25) is 0 Å². The maximum atomic E-state index is 13.0. The van der Waals surface area contributed by atoms with Crippen molar-refractivity contribution < 1.29 is 13.9 Å². The van der Waals surface area contributed by atoms with Crippen molar-refractivity contribution in [3.8, 4) is 11.5 Å². The molecule has 1 N–H and O–H groups in total. The standard InChI is InChI=1S/C19H21BrFNO2/c1-2-23-18-9-14(11-22-16-7-8-16)17(20)10-19(18)24-12-13-3-5-15(21)6-4-13/h3-6,9-10,16,22H,2,7-8,11-12H2,1H3. The van der Waals surface area contributed by atoms with Crippen LogP contribution in [0.1, 0.15) is 30.9 Å². The summed E-state index contributed by atoms with van der Waals surface area (Å²) >= 11 is 3.61. The van der Waals surface area contributed by atoms with E-state index in [2.05, 4.69) is 21.2 Å². The largest absolute Gasteiger partial charge is 0.490 e. The van der Waals surface area contributed by atoms with E-state index in [1.807, 2.05) is 19.1 Å². The Kier molecular flexibility index (Phi) is 5.74. The number of hydrogen-bond donors (Lipinski definition) is 1. The SMILES string of the molecule is CCOc1cc(CNC2CC2)c(Br)cc1OCc1ccc(F)cc1. The fourth-order valence-electron chi connectivity index (χ4n) is 2.38. The second kappa shape index (κ2) is 7.99. The van der Waals surface area contributed by atoms with E-state index in [0.717, 1.165) is 27.9 Å². The number of hydrogen-bond acceptors (Lipinski definition) is 3. The molecule has 0 saturated heterocycles. The maximum absolute atomic E-state index is 13.0. The molecular weight excluding hydrogens is 373 g/mol. The lowest BCUT2D eigenvalue weighted by atomic mass is 10.2. The molecule has 0 atom stereocenters. The Morgan fingerprint density at radius 3 is 2.50 bits per heavy atom. The molecule has 1 aliphatic carbocycles. The molecule has 0 radical (unpaired) electrons. The molecule has 0 aliphatic heterocycles. The monoisotopic (exact) mass is 393 g/mol. The van der Waals surface area contributed by atoms with Gasteiger partial charge in [-0.15, -0.1) is 0 Å². The third kappa shape index (κ3) is 4.71. The smallest absolute Gasteiger partial charge is 0.162 e. The first-order chi connectivity index (χ1) is 11.7. The molecule has 1 fully saturated rings. The van der Waals surface area contributed by atoms with E-state index in [4.69, 9.17) is 9.47 Å². The van der Waals surface area contributed by atoms with Crippen molar-refractivity contribution in [2.45, 2.75) is 39.0 Å². The molecule has 0 bridgehead atoms. The molecule has 0 unspecified atom stereocenters. The van der Waals surface area contributed by atoms with Gasteiger partial charge in [-0.3, -0.25) is 0 Å². The second-order valence-electron chi connectivity index (χ2n) is 5.89. The summed E-state index contributed by atoms with van der Waals surface area (Å²) in [5.74, 6) is 1.17. The Bertz CT molecular complexity index is 687. The summed E-state index contributed by atoms with van der Waals surface area (Å²) in [5.41, 5.74) is 2.06. The molecule has 0 amide bonds. The lowest BCUT2D eigenvalue weighted by Crippen LogP contribution is -2.15. The van der Waals surface area contributed by atoms with E-state index in [1.165, 1.54) is 25.0 Å². The number of ether oxygens (including phenoxy) is 2. The highest BCUT2D eigenvalue weighted by Crippen LogP contribution is 2.35. The minimum absolute atomic E-state index is 0.246. The fourth-order valence-corrected chi connectivity index (χ4v) is 2.84. The molecule has 5 heteroatoms. The Morgan fingerprint density at radius 2 is 1.83 bits per heavy atom. The lowest BCUT2D eigenvalue weighted by molar-refractivity contribution is 0.268. The lowest BCUT2D eigenvalue weighted by Gasteiger charge is -2.15. The van der Waals surface area contributed by atoms with Crippen LogP contribution >= 0.6 is 15.9 Å². The van der Waals surface area contributed by atoms with Crippen molar-refractivity contribution >= 4 is 15.9 Å². The quantitative estimate of drug-likeness (QED) is 0.697. The van der Waals surface area contributed by atoms with E-state index >= 15 is 0 Å². The topological polar surface area (TPSA) is 30.5 Å². The van der Waals surface area contributed by atoms with Crippen molar-refractivity contribution in [2.75, 3.05) is 6.61 Å². The fraction of sp³-hybridized carbons (Fsp3) is 0.368. The van der Waals surface area contributed by atoms with Crippen LogP contribution in [0.3, 0.4) is 0 Å². The molecule has 1 saturated carbocycles. The number of benzene rings is 2. The summed E-state index contributed by atoms with van der Waals surface area (Å²) in [6, 6.07) is 10.9. The molecule has 24 heavy (non-hydrogen) atoms. The van der Waals surface area contributed by atoms with Gasteiger partial charge in [0, 0.05) is 17.1 Å². The van der Waals surface area contributed by atoms with Crippen molar-refractivity contribution in [2.24, 2.45) is 0 Å². The Balaban J connectivity index is 1.72. The van der Waals surface area contributed by atoms with Crippen molar-refractivity contribution in [1.29, 1.82) is 0 Å². The predicted molar refractivity (Wildman–Crippen MR) is 95.9 cm³/mol. The van der Waals surface area contributed by atoms with Crippen molar-refractivity contribution in [3.05, 3.63) is 57.8 Å². The average Bonchev–Trinajstić information content (AvgIpc) is 3.39. The van der Waals surface area contributed by atoms with Crippen LogP contribution in [0, 0.1) is 5.82 Å². The molecule has 0 heterocycles. The van der Waals surface area contributed by atoms with Crippen LogP contribution in [0.2, 0.25) is 0 Å². The third-order valence-corrected chi connectivity index (χ3v) is 4.62. The molecule has 0 aromatic heterocycles. The minimum atomic E-state index is -0.246. The highest BCUT2D eigenvalue weighted by Gasteiger charge is 2.21. The van der Waals surface area contributed by atoms with Crippen LogP contribution in [0.5, 0.6) is 11.5 Å². The van der Waals surface area contributed by atoms with E-state index in [-0.39, 0.29) is 5.82 Å². The minimum Gasteiger partial charge on any atom is -0.490 e. The normalized spacial score (nSPS) is 13.8. The highest BCUT2D eigenvalue weighted by atomic mass is 79.9. The zero-order chi connectivity index (χ0) is 16.9. The zero-order valence-electron chi connectivity index (χ0n) is 13.6. The molecule has 2 aromatic rings. The molecule has 3 nitrogen and oxygen atoms in total. The molecular formula is C19H21BrFNO2. The van der Waals surface area contributed by atoms with E-state index in [0.29, 0.717) is 25.0 Å². The van der Waals surface area contributed by atoms with Crippen molar-refractivity contribution in [3.63, 3.8) is 0 Å². The summed E-state index contributed by atoms with van der Waals surface area (Å²) in [6.07, 6.45) is 2.52. The number of nitrogens with one attached hydrogen (secondary N) is 1. The second-order valence-corrected chi connectivity index (χ2v) is 6.75. The first-order valence-corrected chi connectivity index (χ1v) is 9.01. The Morgan fingerprint density at radius 1 is 1.12 bits per heavy atom. The van der Waals surface area contributed by atoms with Gasteiger partial charge in [-0.25, -0.2) is 4.39 Å². The highest BCUT2D eigenvalue weighted by molar-refractivity contribution is 9.10. The van der Waals surface area contributed by atoms with E-state index < -0.39 is 0 Å². The van der Waals surface area contributed by atoms with Crippen molar-refractivity contribution in [1.82, 2.24) is 5.32 Å².